The number of fused-ring (bicyclic) bond motifs is 1. The fourth-order valence-electron chi connectivity index (χ4n) is 3.14. The first-order valence-electron chi connectivity index (χ1n) is 9.45. The molecule has 2 aromatic carbocycles. The van der Waals surface area contributed by atoms with E-state index in [1.807, 2.05) is 29.2 Å². The Kier molecular flexibility index (Phi) is 5.01. The van der Waals surface area contributed by atoms with Crippen LogP contribution in [0, 0.1) is 13.8 Å². The number of nitrogens with zero attached hydrogens (tertiary/aromatic N) is 3. The summed E-state index contributed by atoms with van der Waals surface area (Å²) in [4.78, 5) is 8.97. The minimum atomic E-state index is 0.209. The van der Waals surface area contributed by atoms with Gasteiger partial charge in [0.2, 0.25) is 4.80 Å². The van der Waals surface area contributed by atoms with E-state index in [1.165, 1.54) is 11.1 Å². The molecule has 0 aliphatic heterocycles. The maximum absolute atomic E-state index is 4.83. The molecule has 142 valence electrons. The van der Waals surface area contributed by atoms with Crippen LogP contribution in [0.5, 0.6) is 0 Å². The average molecular weight is 389 g/mol. The molecule has 0 atom stereocenters. The van der Waals surface area contributed by atoms with Gasteiger partial charge in [0.05, 0.1) is 11.9 Å². The number of rotatable bonds is 4. The maximum Gasteiger partial charge on any atom is 0.206 e. The fourth-order valence-corrected chi connectivity index (χ4v) is 4.11. The highest BCUT2D eigenvalue weighted by atomic mass is 32.1. The van der Waals surface area contributed by atoms with Gasteiger partial charge >= 0.3 is 0 Å². The van der Waals surface area contributed by atoms with Crippen molar-refractivity contribution in [2.75, 3.05) is 0 Å². The number of hydrogen-bond acceptors (Lipinski definition) is 3. The van der Waals surface area contributed by atoms with Crippen molar-refractivity contribution in [3.05, 3.63) is 75.5 Å². The summed E-state index contributed by atoms with van der Waals surface area (Å²) in [5.74, 6) is 0. The molecule has 1 N–H and O–H groups in total. The highest BCUT2D eigenvalue weighted by Crippen LogP contribution is 2.23. The Labute approximate surface area is 168 Å². The monoisotopic (exact) mass is 388 g/mol. The molecule has 4 aromatic rings. The molecule has 28 heavy (non-hydrogen) atoms. The Morgan fingerprint density at radius 2 is 1.89 bits per heavy atom. The predicted molar refractivity (Wildman–Crippen MR) is 119 cm³/mol. The predicted octanol–water partition coefficient (Wildman–Crippen LogP) is 5.51. The van der Waals surface area contributed by atoms with E-state index >= 15 is 0 Å². The molecule has 0 spiro atoms. The van der Waals surface area contributed by atoms with Crippen LogP contribution in [-0.4, -0.2) is 21.9 Å². The molecule has 0 amide bonds. The summed E-state index contributed by atoms with van der Waals surface area (Å²) < 4.78 is 1.95. The van der Waals surface area contributed by atoms with Crippen LogP contribution in [0.25, 0.3) is 22.2 Å². The van der Waals surface area contributed by atoms with Gasteiger partial charge in [0.25, 0.3) is 0 Å². The van der Waals surface area contributed by atoms with Gasteiger partial charge in [-0.2, -0.15) is 5.10 Å². The van der Waals surface area contributed by atoms with Crippen molar-refractivity contribution < 1.29 is 0 Å². The Morgan fingerprint density at radius 3 is 2.68 bits per heavy atom. The Balaban J connectivity index is 1.84. The van der Waals surface area contributed by atoms with Crippen LogP contribution >= 0.6 is 11.3 Å². The Hall–Kier alpha value is -2.92. The van der Waals surface area contributed by atoms with Gasteiger partial charge in [-0.3, -0.25) is 4.99 Å². The van der Waals surface area contributed by atoms with E-state index in [9.17, 15) is 0 Å². The summed E-state index contributed by atoms with van der Waals surface area (Å²) in [5.41, 5.74) is 6.96. The molecule has 4 nitrogen and oxygen atoms in total. The second kappa shape index (κ2) is 7.60. The number of thiazole rings is 1. The van der Waals surface area contributed by atoms with Crippen LogP contribution < -0.4 is 4.80 Å². The summed E-state index contributed by atoms with van der Waals surface area (Å²) in [6.07, 6.45) is 3.91. The van der Waals surface area contributed by atoms with Crippen LogP contribution in [0.4, 0.5) is 0 Å². The summed E-state index contributed by atoms with van der Waals surface area (Å²) in [6.45, 7) is 8.45. The number of para-hydroxylation sites is 1. The molecular formula is C23H24N4S. The highest BCUT2D eigenvalue weighted by molar-refractivity contribution is 7.07. The second-order valence-corrected chi connectivity index (χ2v) is 8.11. The van der Waals surface area contributed by atoms with Crippen molar-refractivity contribution in [2.45, 2.75) is 33.7 Å². The van der Waals surface area contributed by atoms with Crippen molar-refractivity contribution in [1.29, 1.82) is 0 Å². The molecular weight excluding hydrogens is 364 g/mol. The number of hydrogen-bond donors (Lipinski definition) is 1. The van der Waals surface area contributed by atoms with E-state index < -0.39 is 0 Å². The minimum Gasteiger partial charge on any atom is -0.361 e. The van der Waals surface area contributed by atoms with Gasteiger partial charge in [-0.25, -0.2) is 4.68 Å². The lowest BCUT2D eigenvalue weighted by atomic mass is 10.1. The molecule has 0 fully saturated rings. The Morgan fingerprint density at radius 1 is 1.07 bits per heavy atom. The third kappa shape index (κ3) is 3.58. The van der Waals surface area contributed by atoms with E-state index in [0.717, 1.165) is 32.5 Å². The molecule has 0 saturated carbocycles. The van der Waals surface area contributed by atoms with Crippen LogP contribution in [0.3, 0.4) is 0 Å². The molecule has 0 saturated heterocycles. The highest BCUT2D eigenvalue weighted by Gasteiger charge is 2.09. The lowest BCUT2D eigenvalue weighted by Crippen LogP contribution is -2.14. The summed E-state index contributed by atoms with van der Waals surface area (Å²) in [5, 5.41) is 8.13. The zero-order chi connectivity index (χ0) is 19.7. The summed E-state index contributed by atoms with van der Waals surface area (Å²) >= 11 is 1.62. The van der Waals surface area contributed by atoms with Gasteiger partial charge in [-0.05, 0) is 51.0 Å². The smallest absolute Gasteiger partial charge is 0.206 e. The van der Waals surface area contributed by atoms with Crippen LogP contribution in [0.1, 0.15) is 30.5 Å². The normalized spacial score (nSPS) is 12.7. The van der Waals surface area contributed by atoms with Gasteiger partial charge in [-0.1, -0.05) is 30.3 Å². The first-order valence-corrected chi connectivity index (χ1v) is 10.3. The van der Waals surface area contributed by atoms with Crippen LogP contribution in [-0.2, 0) is 0 Å². The topological polar surface area (TPSA) is 45.4 Å². The van der Waals surface area contributed by atoms with E-state index in [-0.39, 0.29) is 6.04 Å². The number of aromatic nitrogens is 2. The fraction of sp³-hybridized carbons (Fsp3) is 0.217. The lowest BCUT2D eigenvalue weighted by molar-refractivity contribution is 0.754. The van der Waals surface area contributed by atoms with E-state index in [0.29, 0.717) is 0 Å². The maximum atomic E-state index is 4.83. The van der Waals surface area contributed by atoms with Crippen molar-refractivity contribution >= 4 is 28.5 Å². The van der Waals surface area contributed by atoms with Gasteiger partial charge < -0.3 is 4.98 Å². The molecule has 0 unspecified atom stereocenters. The average Bonchev–Trinajstić information content (AvgIpc) is 3.26. The van der Waals surface area contributed by atoms with Gasteiger partial charge in [-0.15, -0.1) is 11.3 Å². The third-order valence-corrected chi connectivity index (χ3v) is 5.62. The molecule has 0 aliphatic carbocycles. The molecule has 2 aromatic heterocycles. The minimum absolute atomic E-state index is 0.209. The first-order chi connectivity index (χ1) is 13.5. The van der Waals surface area contributed by atoms with E-state index in [4.69, 9.17) is 10.1 Å². The molecule has 5 heteroatoms. The van der Waals surface area contributed by atoms with Crippen LogP contribution in [0.2, 0.25) is 0 Å². The number of nitrogens with one attached hydrogen (secondary N) is 1. The van der Waals surface area contributed by atoms with Gasteiger partial charge in [0.1, 0.15) is 0 Å². The van der Waals surface area contributed by atoms with Crippen molar-refractivity contribution in [3.8, 4) is 11.3 Å². The third-order valence-electron chi connectivity index (χ3n) is 4.79. The van der Waals surface area contributed by atoms with Gasteiger partial charge in [0.15, 0.2) is 0 Å². The van der Waals surface area contributed by atoms with Gasteiger partial charge in [0, 0.05) is 39.6 Å². The Bertz CT molecular complexity index is 1220. The molecule has 2 heterocycles. The summed E-state index contributed by atoms with van der Waals surface area (Å²) in [6, 6.07) is 15.0. The summed E-state index contributed by atoms with van der Waals surface area (Å²) in [7, 11) is 0. The van der Waals surface area contributed by atoms with Crippen molar-refractivity contribution in [1.82, 2.24) is 9.66 Å². The zero-order valence-corrected chi connectivity index (χ0v) is 17.4. The largest absolute Gasteiger partial charge is 0.361 e. The number of benzene rings is 2. The van der Waals surface area contributed by atoms with Crippen molar-refractivity contribution in [3.63, 3.8) is 0 Å². The van der Waals surface area contributed by atoms with E-state index in [2.05, 4.69) is 68.4 Å². The SMILES string of the molecule is Cc1ccc(-c2csc(=NC(C)C)n2N=Cc2c[nH]c3ccccc23)cc1C. The van der Waals surface area contributed by atoms with Crippen molar-refractivity contribution in [2.24, 2.45) is 10.1 Å². The number of aryl methyl sites for hydroxylation is 2. The quantitative estimate of drug-likeness (QED) is 0.448. The second-order valence-electron chi connectivity index (χ2n) is 7.27. The first kappa shape index (κ1) is 18.4. The van der Waals surface area contributed by atoms with E-state index in [1.54, 1.807) is 11.3 Å². The zero-order valence-electron chi connectivity index (χ0n) is 16.6. The lowest BCUT2D eigenvalue weighted by Gasteiger charge is -2.07. The molecule has 0 radical (unpaired) electrons. The number of H-pyrrole nitrogens is 1. The molecule has 0 aliphatic rings. The molecule has 4 rings (SSSR count). The standard InChI is InChI=1S/C23H24N4S/c1-15(2)26-23-27(22(14-28-23)18-10-9-16(3)17(4)11-18)25-13-19-12-24-21-8-6-5-7-20(19)21/h5-15,24H,1-4H3. The molecule has 0 bridgehead atoms. The van der Waals surface area contributed by atoms with Crippen LogP contribution in [0.15, 0.2) is 64.1 Å². The number of aromatic amines is 1.